The second-order valence-corrected chi connectivity index (χ2v) is 10.8. The standard InChI is InChI=1S/C19H21N9O6S3/c1-20-17(33)23-18(34)21-12(9-4-3-5-35-9)14(30)22-15(37-19-24-25-26-27(19)2)8-7-36-11-6-10(29)28(11)13(8)16(31)32/h3-5,11-12,15H,6-7H2,1-2H3,(H,22,30)(H,31,32)(H3,20,21,23,33,34). The predicted molar refractivity (Wildman–Crippen MR) is 132 cm³/mol. The number of hydrogen-bond donors (Lipinski definition) is 5. The minimum Gasteiger partial charge on any atom is -0.477 e. The molecule has 0 spiro atoms. The van der Waals surface area contributed by atoms with Gasteiger partial charge in [-0.1, -0.05) is 17.8 Å². The number of carboxylic acids is 1. The number of imide groups is 1. The van der Waals surface area contributed by atoms with Gasteiger partial charge in [0.25, 0.3) is 0 Å². The van der Waals surface area contributed by atoms with Crippen LogP contribution in [0.1, 0.15) is 17.3 Å². The van der Waals surface area contributed by atoms with Gasteiger partial charge < -0.3 is 21.1 Å². The van der Waals surface area contributed by atoms with Crippen LogP contribution in [-0.2, 0) is 21.4 Å². The summed E-state index contributed by atoms with van der Waals surface area (Å²) in [5.74, 6) is -2.08. The number of tetrazole rings is 1. The highest BCUT2D eigenvalue weighted by Crippen LogP contribution is 2.43. The maximum atomic E-state index is 13.5. The monoisotopic (exact) mass is 567 g/mol. The first-order chi connectivity index (χ1) is 17.7. The second kappa shape index (κ2) is 11.2. The Balaban J connectivity index is 1.66. The second-order valence-electron chi connectivity index (χ2n) is 7.63. The zero-order valence-corrected chi connectivity index (χ0v) is 21.8. The predicted octanol–water partition coefficient (Wildman–Crippen LogP) is -0.170. The molecule has 3 unspecified atom stereocenters. The van der Waals surface area contributed by atoms with E-state index >= 15 is 0 Å². The summed E-state index contributed by atoms with van der Waals surface area (Å²) in [5, 5.41) is 31.4. The van der Waals surface area contributed by atoms with E-state index in [2.05, 4.69) is 31.5 Å². The summed E-state index contributed by atoms with van der Waals surface area (Å²) in [4.78, 5) is 63.6. The first-order valence-electron chi connectivity index (χ1n) is 10.6. The van der Waals surface area contributed by atoms with Crippen LogP contribution in [-0.4, -0.2) is 83.6 Å². The van der Waals surface area contributed by atoms with Gasteiger partial charge in [-0.25, -0.2) is 19.1 Å². The molecule has 5 N–H and O–H groups in total. The van der Waals surface area contributed by atoms with Gasteiger partial charge in [0.15, 0.2) is 0 Å². The topological polar surface area (TPSA) is 201 Å². The van der Waals surface area contributed by atoms with Gasteiger partial charge in [0, 0.05) is 30.3 Å². The molecule has 1 saturated heterocycles. The normalized spacial score (nSPS) is 18.3. The molecule has 3 atom stereocenters. The lowest BCUT2D eigenvalue weighted by Gasteiger charge is -2.45. The number of thioether (sulfide) groups is 2. The van der Waals surface area contributed by atoms with Gasteiger partial charge >= 0.3 is 18.0 Å². The zero-order chi connectivity index (χ0) is 26.7. The molecule has 1 fully saturated rings. The summed E-state index contributed by atoms with van der Waals surface area (Å²) >= 11 is 3.57. The fourth-order valence-corrected chi connectivity index (χ4v) is 6.70. The number of thiophene rings is 1. The first kappa shape index (κ1) is 26.4. The number of nitrogens with one attached hydrogen (secondary N) is 4. The van der Waals surface area contributed by atoms with Crippen LogP contribution in [0.2, 0.25) is 0 Å². The third-order valence-corrected chi connectivity index (χ3v) is 8.67. The molecule has 0 aromatic carbocycles. The average Bonchev–Trinajstić information content (AvgIpc) is 3.52. The van der Waals surface area contributed by atoms with E-state index in [1.165, 1.54) is 39.7 Å². The van der Waals surface area contributed by atoms with E-state index in [-0.39, 0.29) is 39.9 Å². The lowest BCUT2D eigenvalue weighted by molar-refractivity contribution is -0.146. The Morgan fingerprint density at radius 3 is 2.62 bits per heavy atom. The molecule has 4 heterocycles. The number of hydrogen-bond acceptors (Lipinski definition) is 11. The number of aromatic nitrogens is 4. The molecule has 196 valence electrons. The quantitative estimate of drug-likeness (QED) is 0.161. The first-order valence-corrected chi connectivity index (χ1v) is 13.4. The molecule has 4 rings (SSSR count). The third-order valence-electron chi connectivity index (χ3n) is 5.30. The smallest absolute Gasteiger partial charge is 0.352 e. The largest absolute Gasteiger partial charge is 0.477 e. The number of aliphatic carboxylic acids is 1. The number of carbonyl (C=O) groups is 5. The number of rotatable bonds is 8. The number of amides is 6. The van der Waals surface area contributed by atoms with Gasteiger partial charge in [-0.05, 0) is 21.9 Å². The van der Waals surface area contributed by atoms with Crippen LogP contribution >= 0.6 is 34.9 Å². The van der Waals surface area contributed by atoms with E-state index in [4.69, 9.17) is 0 Å². The van der Waals surface area contributed by atoms with Gasteiger partial charge in [-0.3, -0.25) is 19.8 Å². The van der Waals surface area contributed by atoms with Gasteiger partial charge in [-0.15, -0.1) is 28.2 Å². The highest BCUT2D eigenvalue weighted by molar-refractivity contribution is 8.01. The lowest BCUT2D eigenvalue weighted by atomic mass is 10.1. The highest BCUT2D eigenvalue weighted by atomic mass is 32.2. The van der Waals surface area contributed by atoms with Crippen molar-refractivity contribution in [1.82, 2.24) is 46.4 Å². The third kappa shape index (κ3) is 5.70. The molecular weight excluding hydrogens is 546 g/mol. The Kier molecular flexibility index (Phi) is 7.98. The fraction of sp³-hybridized carbons (Fsp3) is 0.368. The van der Waals surface area contributed by atoms with Gasteiger partial charge in [-0.2, -0.15) is 0 Å². The summed E-state index contributed by atoms with van der Waals surface area (Å²) in [6.45, 7) is 0. The van der Waals surface area contributed by atoms with Crippen LogP contribution in [0.25, 0.3) is 0 Å². The maximum Gasteiger partial charge on any atom is 0.352 e. The van der Waals surface area contributed by atoms with Gasteiger partial charge in [0.2, 0.25) is 17.0 Å². The molecule has 37 heavy (non-hydrogen) atoms. The van der Waals surface area contributed by atoms with Crippen molar-refractivity contribution in [2.24, 2.45) is 7.05 Å². The Labute approximate surface area is 221 Å². The molecule has 6 amide bonds. The Morgan fingerprint density at radius 2 is 2.03 bits per heavy atom. The van der Waals surface area contributed by atoms with E-state index in [0.717, 1.165) is 11.8 Å². The van der Waals surface area contributed by atoms with E-state index < -0.39 is 35.4 Å². The molecule has 2 aromatic rings. The summed E-state index contributed by atoms with van der Waals surface area (Å²) in [6.07, 6.45) is 0.233. The van der Waals surface area contributed by atoms with Crippen molar-refractivity contribution in [3.05, 3.63) is 33.7 Å². The van der Waals surface area contributed by atoms with Crippen molar-refractivity contribution in [3.63, 3.8) is 0 Å². The molecule has 2 aliphatic rings. The summed E-state index contributed by atoms with van der Waals surface area (Å²) in [6, 6.07) is 0.423. The number of β-lactam (4-membered cyclic amide) rings is 1. The molecule has 2 aliphatic heterocycles. The van der Waals surface area contributed by atoms with E-state index in [9.17, 15) is 29.1 Å². The van der Waals surface area contributed by atoms with Crippen LogP contribution in [0.3, 0.4) is 0 Å². The van der Waals surface area contributed by atoms with E-state index in [1.807, 2.05) is 5.32 Å². The van der Waals surface area contributed by atoms with Crippen LogP contribution in [0, 0.1) is 0 Å². The zero-order valence-electron chi connectivity index (χ0n) is 19.3. The van der Waals surface area contributed by atoms with Crippen LogP contribution in [0.4, 0.5) is 9.59 Å². The SMILES string of the molecule is CNC(=O)NC(=O)NC(C(=O)NC(Sc1nnnn1C)C1=C(C(=O)O)N2C(=O)CC2SC1)c1cccs1. The summed E-state index contributed by atoms with van der Waals surface area (Å²) < 4.78 is 1.35. The van der Waals surface area contributed by atoms with Crippen molar-refractivity contribution in [2.45, 2.75) is 28.4 Å². The van der Waals surface area contributed by atoms with Crippen molar-refractivity contribution in [1.29, 1.82) is 0 Å². The van der Waals surface area contributed by atoms with Crippen molar-refractivity contribution >= 4 is 64.7 Å². The number of fused-ring (bicyclic) bond motifs is 1. The molecule has 0 bridgehead atoms. The van der Waals surface area contributed by atoms with Crippen LogP contribution in [0.5, 0.6) is 0 Å². The molecule has 0 aliphatic carbocycles. The average molecular weight is 568 g/mol. The van der Waals surface area contributed by atoms with Crippen molar-refractivity contribution in [2.75, 3.05) is 12.8 Å². The molecule has 18 heteroatoms. The van der Waals surface area contributed by atoms with Gasteiger partial charge in [0.05, 0.1) is 11.8 Å². The number of carboxylic acid groups (broad SMARTS) is 1. The summed E-state index contributed by atoms with van der Waals surface area (Å²) in [7, 11) is 2.91. The van der Waals surface area contributed by atoms with Crippen LogP contribution < -0.4 is 21.3 Å². The number of aryl methyl sites for hydroxylation is 1. The molecule has 2 aromatic heterocycles. The molecule has 0 saturated carbocycles. The fourth-order valence-electron chi connectivity index (χ4n) is 3.52. The summed E-state index contributed by atoms with van der Waals surface area (Å²) in [5.41, 5.74) is 0.0776. The maximum absolute atomic E-state index is 13.5. The van der Waals surface area contributed by atoms with Gasteiger partial charge in [0.1, 0.15) is 17.1 Å². The molecule has 15 nitrogen and oxygen atoms in total. The Hall–Kier alpha value is -3.64. The van der Waals surface area contributed by atoms with Crippen molar-refractivity contribution in [3.8, 4) is 0 Å². The van der Waals surface area contributed by atoms with Crippen molar-refractivity contribution < 1.29 is 29.1 Å². The minimum absolute atomic E-state index is 0.203. The number of nitrogens with zero attached hydrogens (tertiary/aromatic N) is 5. The highest BCUT2D eigenvalue weighted by Gasteiger charge is 2.47. The lowest BCUT2D eigenvalue weighted by Crippen LogP contribution is -2.55. The van der Waals surface area contributed by atoms with E-state index in [1.54, 1.807) is 24.6 Å². The number of urea groups is 2. The minimum atomic E-state index is -1.30. The molecule has 0 radical (unpaired) electrons. The Morgan fingerprint density at radius 1 is 1.24 bits per heavy atom. The number of carbonyl (C=O) groups excluding carboxylic acids is 4. The Bertz CT molecular complexity index is 1260. The van der Waals surface area contributed by atoms with Crippen LogP contribution in [0.15, 0.2) is 33.9 Å². The molecular formula is C19H21N9O6S3. The van der Waals surface area contributed by atoms with E-state index in [0.29, 0.717) is 4.88 Å².